The number of nitrogens with one attached hydrogen (secondary N) is 1. The molecule has 1 aliphatic rings. The lowest BCUT2D eigenvalue weighted by atomic mass is 10.2. The van der Waals surface area contributed by atoms with Gasteiger partial charge in [0.05, 0.1) is 18.5 Å². The van der Waals surface area contributed by atoms with Gasteiger partial charge in [-0.1, -0.05) is 0 Å². The molecule has 6 nitrogen and oxygen atoms in total. The Morgan fingerprint density at radius 1 is 1.29 bits per heavy atom. The van der Waals surface area contributed by atoms with Crippen LogP contribution in [0.4, 0.5) is 0 Å². The number of aliphatic hydroxyl groups is 1. The van der Waals surface area contributed by atoms with Gasteiger partial charge in [-0.05, 0) is 19.3 Å². The molecule has 7 heteroatoms. The van der Waals surface area contributed by atoms with Crippen LogP contribution in [0.15, 0.2) is 0 Å². The molecule has 0 aromatic heterocycles. The first-order valence-corrected chi connectivity index (χ1v) is 7.46. The predicted molar refractivity (Wildman–Crippen MR) is 63.3 cm³/mol. The molecule has 0 saturated carbocycles. The summed E-state index contributed by atoms with van der Waals surface area (Å²) in [6.45, 7) is 2.17. The maximum absolute atomic E-state index is 11.8. The Kier molecular flexibility index (Phi) is 6.98. The van der Waals surface area contributed by atoms with Gasteiger partial charge in [-0.15, -0.1) is 0 Å². The highest BCUT2D eigenvalue weighted by atomic mass is 32.2. The van der Waals surface area contributed by atoms with E-state index in [1.54, 1.807) is 0 Å². The number of hydrogen-bond donors (Lipinski definition) is 2. The minimum Gasteiger partial charge on any atom is -0.394 e. The van der Waals surface area contributed by atoms with Gasteiger partial charge in [-0.25, -0.2) is 13.1 Å². The Morgan fingerprint density at radius 3 is 2.65 bits per heavy atom. The second-order valence-electron chi connectivity index (χ2n) is 3.94. The van der Waals surface area contributed by atoms with Crippen LogP contribution in [-0.2, 0) is 19.5 Å². The topological polar surface area (TPSA) is 84.9 Å². The zero-order chi connectivity index (χ0) is 12.6. The second-order valence-corrected chi connectivity index (χ2v) is 5.99. The Labute approximate surface area is 102 Å². The summed E-state index contributed by atoms with van der Waals surface area (Å²) in [4.78, 5) is 0. The van der Waals surface area contributed by atoms with Crippen LogP contribution in [0.1, 0.15) is 19.3 Å². The van der Waals surface area contributed by atoms with E-state index in [4.69, 9.17) is 14.6 Å². The van der Waals surface area contributed by atoms with Crippen LogP contribution in [0, 0.1) is 0 Å². The fourth-order valence-electron chi connectivity index (χ4n) is 1.66. The first-order chi connectivity index (χ1) is 8.17. The van der Waals surface area contributed by atoms with Crippen molar-refractivity contribution in [3.05, 3.63) is 0 Å². The Morgan fingerprint density at radius 2 is 2.00 bits per heavy atom. The molecule has 1 aliphatic heterocycles. The molecule has 0 unspecified atom stereocenters. The summed E-state index contributed by atoms with van der Waals surface area (Å²) in [5.74, 6) is 0. The smallest absolute Gasteiger partial charge is 0.214 e. The van der Waals surface area contributed by atoms with Gasteiger partial charge in [0.2, 0.25) is 10.0 Å². The lowest BCUT2D eigenvalue weighted by Gasteiger charge is -2.22. The first-order valence-electron chi connectivity index (χ1n) is 5.91. The summed E-state index contributed by atoms with van der Waals surface area (Å²) < 4.78 is 36.4. The third kappa shape index (κ3) is 5.78. The molecule has 17 heavy (non-hydrogen) atoms. The van der Waals surface area contributed by atoms with Crippen molar-refractivity contribution in [1.82, 2.24) is 4.72 Å². The predicted octanol–water partition coefficient (Wildman–Crippen LogP) is -0.516. The van der Waals surface area contributed by atoms with Crippen molar-refractivity contribution in [2.75, 3.05) is 39.6 Å². The van der Waals surface area contributed by atoms with E-state index in [0.717, 1.165) is 0 Å². The molecule has 0 aromatic carbocycles. The molecule has 1 saturated heterocycles. The molecule has 0 spiro atoms. The van der Waals surface area contributed by atoms with E-state index in [1.165, 1.54) is 0 Å². The second kappa shape index (κ2) is 7.99. The van der Waals surface area contributed by atoms with Gasteiger partial charge < -0.3 is 14.6 Å². The highest BCUT2D eigenvalue weighted by Gasteiger charge is 2.26. The van der Waals surface area contributed by atoms with Crippen LogP contribution >= 0.6 is 0 Å². The Bertz CT molecular complexity index is 287. The molecule has 0 bridgehead atoms. The molecule has 0 atom stereocenters. The van der Waals surface area contributed by atoms with E-state index in [-0.39, 0.29) is 11.9 Å². The number of rotatable bonds is 8. The van der Waals surface area contributed by atoms with Crippen LogP contribution in [0.5, 0.6) is 0 Å². The lowest BCUT2D eigenvalue weighted by molar-refractivity contribution is 0.0911. The molecule has 0 aromatic rings. The molecular weight excluding hydrogens is 246 g/mol. The van der Waals surface area contributed by atoms with Crippen LogP contribution in [0.3, 0.4) is 0 Å². The van der Waals surface area contributed by atoms with Gasteiger partial charge in [0.15, 0.2) is 0 Å². The van der Waals surface area contributed by atoms with E-state index in [9.17, 15) is 8.42 Å². The van der Waals surface area contributed by atoms with Gasteiger partial charge in [0, 0.05) is 26.4 Å². The Hall–Kier alpha value is -0.210. The standard InChI is InChI=1S/C10H21NO5S/c12-5-9-15-6-1-4-11-17(13,14)10-2-7-16-8-3-10/h10-12H,1-9H2. The maximum Gasteiger partial charge on any atom is 0.214 e. The number of sulfonamides is 1. The fraction of sp³-hybridized carbons (Fsp3) is 1.00. The maximum atomic E-state index is 11.8. The quantitative estimate of drug-likeness (QED) is 0.578. The van der Waals surface area contributed by atoms with E-state index >= 15 is 0 Å². The van der Waals surface area contributed by atoms with Crippen LogP contribution in [-0.4, -0.2) is 58.4 Å². The average Bonchev–Trinajstić information content (AvgIpc) is 2.35. The largest absolute Gasteiger partial charge is 0.394 e. The van der Waals surface area contributed by atoms with Gasteiger partial charge in [-0.2, -0.15) is 0 Å². The molecule has 102 valence electrons. The SMILES string of the molecule is O=S(=O)(NCCCOCCO)C1CCOCC1. The number of aliphatic hydroxyl groups excluding tert-OH is 1. The van der Waals surface area contributed by atoms with Crippen molar-refractivity contribution in [3.8, 4) is 0 Å². The fourth-order valence-corrected chi connectivity index (χ4v) is 3.14. The van der Waals surface area contributed by atoms with Gasteiger partial charge >= 0.3 is 0 Å². The van der Waals surface area contributed by atoms with Gasteiger partial charge in [-0.3, -0.25) is 0 Å². The van der Waals surface area contributed by atoms with E-state index in [1.807, 2.05) is 0 Å². The average molecular weight is 267 g/mol. The minimum absolute atomic E-state index is 0.00615. The molecular formula is C10H21NO5S. The highest BCUT2D eigenvalue weighted by Crippen LogP contribution is 2.14. The van der Waals surface area contributed by atoms with Crippen molar-refractivity contribution in [2.45, 2.75) is 24.5 Å². The Balaban J connectivity index is 2.15. The normalized spacial score (nSPS) is 18.4. The molecule has 0 aliphatic carbocycles. The molecule has 1 heterocycles. The summed E-state index contributed by atoms with van der Waals surface area (Å²) in [7, 11) is -3.21. The van der Waals surface area contributed by atoms with Crippen molar-refractivity contribution < 1.29 is 23.0 Å². The van der Waals surface area contributed by atoms with E-state index in [2.05, 4.69) is 4.72 Å². The summed E-state index contributed by atoms with van der Waals surface area (Å²) in [5, 5.41) is 8.15. The van der Waals surface area contributed by atoms with E-state index < -0.39 is 10.0 Å². The van der Waals surface area contributed by atoms with Gasteiger partial charge in [0.25, 0.3) is 0 Å². The molecule has 0 radical (unpaired) electrons. The van der Waals surface area contributed by atoms with Crippen LogP contribution in [0.25, 0.3) is 0 Å². The summed E-state index contributed by atoms with van der Waals surface area (Å²) in [6.07, 6.45) is 1.75. The first kappa shape index (κ1) is 14.8. The van der Waals surface area contributed by atoms with Crippen LogP contribution in [0.2, 0.25) is 0 Å². The van der Waals surface area contributed by atoms with Crippen LogP contribution < -0.4 is 4.72 Å². The zero-order valence-electron chi connectivity index (χ0n) is 9.93. The summed E-state index contributed by atoms with van der Waals surface area (Å²) in [6, 6.07) is 0. The third-order valence-corrected chi connectivity index (χ3v) is 4.57. The number of hydrogen-bond acceptors (Lipinski definition) is 5. The van der Waals surface area contributed by atoms with E-state index in [0.29, 0.717) is 52.2 Å². The third-order valence-electron chi connectivity index (χ3n) is 2.61. The molecule has 1 fully saturated rings. The van der Waals surface area contributed by atoms with Crippen molar-refractivity contribution >= 4 is 10.0 Å². The summed E-state index contributed by atoms with van der Waals surface area (Å²) in [5.41, 5.74) is 0. The number of ether oxygens (including phenoxy) is 2. The van der Waals surface area contributed by atoms with Gasteiger partial charge in [0.1, 0.15) is 0 Å². The van der Waals surface area contributed by atoms with Crippen molar-refractivity contribution in [1.29, 1.82) is 0 Å². The molecule has 2 N–H and O–H groups in total. The minimum atomic E-state index is -3.21. The summed E-state index contributed by atoms with van der Waals surface area (Å²) >= 11 is 0. The lowest BCUT2D eigenvalue weighted by Crippen LogP contribution is -2.38. The zero-order valence-corrected chi connectivity index (χ0v) is 10.7. The van der Waals surface area contributed by atoms with Crippen molar-refractivity contribution in [3.63, 3.8) is 0 Å². The molecule has 0 amide bonds. The molecule has 1 rings (SSSR count). The highest BCUT2D eigenvalue weighted by molar-refractivity contribution is 7.90. The van der Waals surface area contributed by atoms with Crippen molar-refractivity contribution in [2.24, 2.45) is 0 Å². The monoisotopic (exact) mass is 267 g/mol.